The molecule has 4 nitrogen and oxygen atoms in total. The minimum Gasteiger partial charge on any atom is -0.493 e. The third kappa shape index (κ3) is 3.74. The highest BCUT2D eigenvalue weighted by Crippen LogP contribution is 2.25. The Kier molecular flexibility index (Phi) is 3.79. The standard InChI is InChI=1S/C15H20N2O2/c1-15(2,3)11-5-4-6-13(9-11)18-8-7-12-10-14(16)19-17-12/h4-6,9-10H,7-8,16H2,1-3H3. The summed E-state index contributed by atoms with van der Waals surface area (Å²) in [6.07, 6.45) is 0.681. The molecule has 0 aliphatic carbocycles. The van der Waals surface area contributed by atoms with Gasteiger partial charge in [-0.3, -0.25) is 0 Å². The van der Waals surface area contributed by atoms with Crippen molar-refractivity contribution in [3.63, 3.8) is 0 Å². The van der Waals surface area contributed by atoms with Crippen LogP contribution in [-0.4, -0.2) is 11.8 Å². The first kappa shape index (κ1) is 13.5. The molecular formula is C15H20N2O2. The maximum Gasteiger partial charge on any atom is 0.222 e. The lowest BCUT2D eigenvalue weighted by Gasteiger charge is -2.19. The van der Waals surface area contributed by atoms with Crippen LogP contribution in [0, 0.1) is 0 Å². The van der Waals surface area contributed by atoms with Gasteiger partial charge in [-0.1, -0.05) is 38.1 Å². The molecule has 0 bridgehead atoms. The van der Waals surface area contributed by atoms with E-state index in [1.54, 1.807) is 6.07 Å². The van der Waals surface area contributed by atoms with Crippen molar-refractivity contribution in [3.8, 4) is 5.75 Å². The van der Waals surface area contributed by atoms with Crippen LogP contribution in [0.1, 0.15) is 32.0 Å². The van der Waals surface area contributed by atoms with Crippen LogP contribution in [0.2, 0.25) is 0 Å². The number of nitrogen functional groups attached to an aromatic ring is 1. The predicted molar refractivity (Wildman–Crippen MR) is 75.3 cm³/mol. The monoisotopic (exact) mass is 260 g/mol. The van der Waals surface area contributed by atoms with Crippen molar-refractivity contribution in [1.82, 2.24) is 5.16 Å². The maximum absolute atomic E-state index is 5.73. The molecule has 4 heteroatoms. The topological polar surface area (TPSA) is 61.3 Å². The van der Waals surface area contributed by atoms with Gasteiger partial charge >= 0.3 is 0 Å². The van der Waals surface area contributed by atoms with Crippen molar-refractivity contribution in [1.29, 1.82) is 0 Å². The summed E-state index contributed by atoms with van der Waals surface area (Å²) in [6, 6.07) is 9.90. The number of benzene rings is 1. The normalized spacial score (nSPS) is 11.5. The number of hydrogen-bond acceptors (Lipinski definition) is 4. The summed E-state index contributed by atoms with van der Waals surface area (Å²) < 4.78 is 10.5. The fourth-order valence-corrected chi connectivity index (χ4v) is 1.77. The molecule has 0 saturated heterocycles. The molecule has 1 heterocycles. The van der Waals surface area contributed by atoms with Crippen LogP contribution in [0.4, 0.5) is 5.88 Å². The molecule has 0 aliphatic heterocycles. The van der Waals surface area contributed by atoms with E-state index in [1.165, 1.54) is 5.56 Å². The van der Waals surface area contributed by atoms with Crippen LogP contribution in [0.5, 0.6) is 5.75 Å². The predicted octanol–water partition coefficient (Wildman–Crippen LogP) is 3.18. The van der Waals surface area contributed by atoms with E-state index >= 15 is 0 Å². The fourth-order valence-electron chi connectivity index (χ4n) is 1.77. The Morgan fingerprint density at radius 3 is 2.68 bits per heavy atom. The van der Waals surface area contributed by atoms with Gasteiger partial charge in [0.2, 0.25) is 5.88 Å². The van der Waals surface area contributed by atoms with Gasteiger partial charge in [0.15, 0.2) is 0 Å². The molecule has 0 fully saturated rings. The third-order valence-electron chi connectivity index (χ3n) is 2.90. The van der Waals surface area contributed by atoms with E-state index in [9.17, 15) is 0 Å². The molecule has 2 rings (SSSR count). The Bertz CT molecular complexity index is 541. The quantitative estimate of drug-likeness (QED) is 0.917. The highest BCUT2D eigenvalue weighted by Gasteiger charge is 2.13. The second-order valence-electron chi connectivity index (χ2n) is 5.60. The van der Waals surface area contributed by atoms with Gasteiger partial charge in [-0.2, -0.15) is 0 Å². The molecule has 0 aliphatic rings. The van der Waals surface area contributed by atoms with Gasteiger partial charge in [-0.15, -0.1) is 0 Å². The average Bonchev–Trinajstić information content (AvgIpc) is 2.74. The first-order valence-electron chi connectivity index (χ1n) is 6.39. The number of anilines is 1. The molecular weight excluding hydrogens is 240 g/mol. The van der Waals surface area contributed by atoms with Gasteiger partial charge in [0.1, 0.15) is 5.75 Å². The molecule has 19 heavy (non-hydrogen) atoms. The van der Waals surface area contributed by atoms with Crippen molar-refractivity contribution >= 4 is 5.88 Å². The highest BCUT2D eigenvalue weighted by atomic mass is 16.5. The number of nitrogens with two attached hydrogens (primary N) is 1. The van der Waals surface area contributed by atoms with E-state index in [2.05, 4.69) is 38.1 Å². The summed E-state index contributed by atoms with van der Waals surface area (Å²) in [6.45, 7) is 7.11. The Labute approximate surface area is 113 Å². The first-order chi connectivity index (χ1) is 8.95. The summed E-state index contributed by atoms with van der Waals surface area (Å²) in [7, 11) is 0. The summed E-state index contributed by atoms with van der Waals surface area (Å²) in [5.74, 6) is 1.22. The van der Waals surface area contributed by atoms with Crippen LogP contribution < -0.4 is 10.5 Å². The van der Waals surface area contributed by atoms with Gasteiger partial charge < -0.3 is 15.0 Å². The number of nitrogens with zero attached hydrogens (tertiary/aromatic N) is 1. The van der Waals surface area contributed by atoms with Crippen LogP contribution in [0.15, 0.2) is 34.9 Å². The zero-order valence-corrected chi connectivity index (χ0v) is 11.6. The van der Waals surface area contributed by atoms with Gasteiger partial charge in [0.05, 0.1) is 12.3 Å². The smallest absolute Gasteiger partial charge is 0.222 e. The second kappa shape index (κ2) is 5.34. The lowest BCUT2D eigenvalue weighted by atomic mass is 9.87. The van der Waals surface area contributed by atoms with Crippen molar-refractivity contribution in [2.75, 3.05) is 12.3 Å². The third-order valence-corrected chi connectivity index (χ3v) is 2.90. The Balaban J connectivity index is 1.93. The fraction of sp³-hybridized carbons (Fsp3) is 0.400. The number of rotatable bonds is 4. The lowest BCUT2D eigenvalue weighted by molar-refractivity contribution is 0.315. The van der Waals surface area contributed by atoms with Crippen molar-refractivity contribution in [2.24, 2.45) is 0 Å². The molecule has 2 N–H and O–H groups in total. The second-order valence-corrected chi connectivity index (χ2v) is 5.60. The molecule has 0 saturated carbocycles. The first-order valence-corrected chi connectivity index (χ1v) is 6.39. The Morgan fingerprint density at radius 2 is 2.05 bits per heavy atom. The molecule has 1 aromatic heterocycles. The summed E-state index contributed by atoms with van der Waals surface area (Å²) in [5, 5.41) is 3.82. The Hall–Kier alpha value is -1.97. The average molecular weight is 260 g/mol. The summed E-state index contributed by atoms with van der Waals surface area (Å²) in [5.41, 5.74) is 7.65. The summed E-state index contributed by atoms with van der Waals surface area (Å²) >= 11 is 0. The zero-order valence-electron chi connectivity index (χ0n) is 11.6. The molecule has 0 radical (unpaired) electrons. The molecule has 2 aromatic rings. The Morgan fingerprint density at radius 1 is 1.26 bits per heavy atom. The van der Waals surface area contributed by atoms with E-state index in [-0.39, 0.29) is 5.41 Å². The minimum atomic E-state index is 0.125. The van der Waals surface area contributed by atoms with Gasteiger partial charge in [0.25, 0.3) is 0 Å². The number of ether oxygens (including phenoxy) is 1. The van der Waals surface area contributed by atoms with Crippen molar-refractivity contribution in [2.45, 2.75) is 32.6 Å². The van der Waals surface area contributed by atoms with E-state index in [0.717, 1.165) is 11.4 Å². The minimum absolute atomic E-state index is 0.125. The SMILES string of the molecule is CC(C)(C)c1cccc(OCCc2cc(N)on2)c1. The van der Waals surface area contributed by atoms with E-state index in [1.807, 2.05) is 12.1 Å². The van der Waals surface area contributed by atoms with E-state index in [0.29, 0.717) is 18.9 Å². The molecule has 0 unspecified atom stereocenters. The van der Waals surface area contributed by atoms with Crippen molar-refractivity contribution in [3.05, 3.63) is 41.6 Å². The molecule has 0 spiro atoms. The van der Waals surface area contributed by atoms with Gasteiger partial charge in [-0.05, 0) is 23.1 Å². The van der Waals surface area contributed by atoms with Gasteiger partial charge in [0, 0.05) is 12.5 Å². The van der Waals surface area contributed by atoms with E-state index < -0.39 is 0 Å². The van der Waals surface area contributed by atoms with Crippen LogP contribution in [0.3, 0.4) is 0 Å². The maximum atomic E-state index is 5.73. The van der Waals surface area contributed by atoms with Gasteiger partial charge in [-0.25, -0.2) is 0 Å². The molecule has 1 aromatic carbocycles. The van der Waals surface area contributed by atoms with Crippen LogP contribution in [0.25, 0.3) is 0 Å². The number of aromatic nitrogens is 1. The van der Waals surface area contributed by atoms with Crippen LogP contribution >= 0.6 is 0 Å². The zero-order chi connectivity index (χ0) is 13.9. The van der Waals surface area contributed by atoms with Crippen molar-refractivity contribution < 1.29 is 9.26 Å². The molecule has 102 valence electrons. The van der Waals surface area contributed by atoms with E-state index in [4.69, 9.17) is 15.0 Å². The summed E-state index contributed by atoms with van der Waals surface area (Å²) in [4.78, 5) is 0. The highest BCUT2D eigenvalue weighted by molar-refractivity contribution is 5.32. The largest absolute Gasteiger partial charge is 0.493 e. The number of hydrogen-bond donors (Lipinski definition) is 1. The van der Waals surface area contributed by atoms with Crippen LogP contribution in [-0.2, 0) is 11.8 Å². The lowest BCUT2D eigenvalue weighted by Crippen LogP contribution is -2.11. The molecule has 0 amide bonds. The molecule has 0 atom stereocenters.